The lowest BCUT2D eigenvalue weighted by molar-refractivity contribution is -0.142. The maximum atomic E-state index is 11.4. The number of hydrogen-bond donors (Lipinski definition) is 2. The third-order valence-corrected chi connectivity index (χ3v) is 3.27. The second-order valence-electron chi connectivity index (χ2n) is 4.63. The van der Waals surface area contributed by atoms with Gasteiger partial charge in [0.1, 0.15) is 5.54 Å². The lowest BCUT2D eigenvalue weighted by atomic mass is 9.95. The van der Waals surface area contributed by atoms with E-state index < -0.39 is 11.5 Å². The van der Waals surface area contributed by atoms with E-state index >= 15 is 0 Å². The molecular formula is C14H15NO2. The SMILES string of the molecule is C#Cc1cccc(NC(C)(C(=O)O)C2CC2)c1. The Morgan fingerprint density at radius 1 is 1.59 bits per heavy atom. The van der Waals surface area contributed by atoms with Gasteiger partial charge in [-0.2, -0.15) is 0 Å². The summed E-state index contributed by atoms with van der Waals surface area (Å²) in [5.74, 6) is 1.93. The summed E-state index contributed by atoms with van der Waals surface area (Å²) in [6.07, 6.45) is 7.25. The van der Waals surface area contributed by atoms with Gasteiger partial charge in [-0.3, -0.25) is 0 Å². The fourth-order valence-electron chi connectivity index (χ4n) is 1.98. The van der Waals surface area contributed by atoms with E-state index in [1.807, 2.05) is 18.2 Å². The fourth-order valence-corrected chi connectivity index (χ4v) is 1.98. The van der Waals surface area contributed by atoms with Crippen LogP contribution >= 0.6 is 0 Å². The quantitative estimate of drug-likeness (QED) is 0.779. The van der Waals surface area contributed by atoms with E-state index in [1.165, 1.54) is 0 Å². The molecule has 1 aromatic rings. The topological polar surface area (TPSA) is 49.3 Å². The summed E-state index contributed by atoms with van der Waals surface area (Å²) in [5.41, 5.74) is 0.614. The van der Waals surface area contributed by atoms with Gasteiger partial charge in [0.05, 0.1) is 0 Å². The second-order valence-corrected chi connectivity index (χ2v) is 4.63. The minimum absolute atomic E-state index is 0.203. The molecule has 0 amide bonds. The van der Waals surface area contributed by atoms with Crippen LogP contribution < -0.4 is 5.32 Å². The average molecular weight is 229 g/mol. The number of carboxylic acids is 1. The van der Waals surface area contributed by atoms with Crippen LogP contribution in [0.2, 0.25) is 0 Å². The highest BCUT2D eigenvalue weighted by Crippen LogP contribution is 2.41. The van der Waals surface area contributed by atoms with Gasteiger partial charge in [-0.05, 0) is 43.9 Å². The number of carboxylic acid groups (broad SMARTS) is 1. The normalized spacial score (nSPS) is 17.9. The van der Waals surface area contributed by atoms with Crippen molar-refractivity contribution in [3.63, 3.8) is 0 Å². The first-order valence-electron chi connectivity index (χ1n) is 5.64. The Morgan fingerprint density at radius 2 is 2.29 bits per heavy atom. The first kappa shape index (κ1) is 11.5. The molecule has 0 heterocycles. The first-order valence-corrected chi connectivity index (χ1v) is 5.64. The predicted octanol–water partition coefficient (Wildman–Crippen LogP) is 2.33. The molecule has 1 aliphatic carbocycles. The van der Waals surface area contributed by atoms with E-state index in [2.05, 4.69) is 11.2 Å². The molecule has 0 aliphatic heterocycles. The summed E-state index contributed by atoms with van der Waals surface area (Å²) in [4.78, 5) is 11.4. The molecule has 0 aromatic heterocycles. The molecule has 0 saturated heterocycles. The first-order chi connectivity index (χ1) is 8.06. The van der Waals surface area contributed by atoms with Crippen molar-refractivity contribution in [3.05, 3.63) is 29.8 Å². The number of nitrogens with one attached hydrogen (secondary N) is 1. The third kappa shape index (κ3) is 2.26. The van der Waals surface area contributed by atoms with E-state index in [9.17, 15) is 9.90 Å². The van der Waals surface area contributed by atoms with Crippen LogP contribution in [0.5, 0.6) is 0 Å². The molecule has 1 fully saturated rings. The predicted molar refractivity (Wildman–Crippen MR) is 66.8 cm³/mol. The molecule has 88 valence electrons. The van der Waals surface area contributed by atoms with Crippen molar-refractivity contribution in [2.75, 3.05) is 5.32 Å². The fraction of sp³-hybridized carbons (Fsp3) is 0.357. The Morgan fingerprint density at radius 3 is 2.82 bits per heavy atom. The second kappa shape index (κ2) is 4.14. The summed E-state index contributed by atoms with van der Waals surface area (Å²) in [6.45, 7) is 1.73. The number of hydrogen-bond acceptors (Lipinski definition) is 2. The number of anilines is 1. The Labute approximate surface area is 101 Å². The van der Waals surface area contributed by atoms with E-state index in [4.69, 9.17) is 6.42 Å². The van der Waals surface area contributed by atoms with Gasteiger partial charge in [0.15, 0.2) is 0 Å². The molecule has 1 unspecified atom stereocenters. The molecule has 3 nitrogen and oxygen atoms in total. The Hall–Kier alpha value is -1.95. The van der Waals surface area contributed by atoms with Gasteiger partial charge in [-0.25, -0.2) is 4.79 Å². The molecule has 2 rings (SSSR count). The smallest absolute Gasteiger partial charge is 0.329 e. The molecule has 1 aromatic carbocycles. The number of benzene rings is 1. The van der Waals surface area contributed by atoms with Crippen LogP contribution in [0.3, 0.4) is 0 Å². The molecule has 0 bridgehead atoms. The van der Waals surface area contributed by atoms with Crippen LogP contribution in [0, 0.1) is 18.3 Å². The summed E-state index contributed by atoms with van der Waals surface area (Å²) >= 11 is 0. The van der Waals surface area contributed by atoms with Gasteiger partial charge in [-0.15, -0.1) is 6.42 Å². The maximum Gasteiger partial charge on any atom is 0.329 e. The lowest BCUT2D eigenvalue weighted by Gasteiger charge is -2.27. The highest BCUT2D eigenvalue weighted by molar-refractivity contribution is 5.83. The largest absolute Gasteiger partial charge is 0.480 e. The van der Waals surface area contributed by atoms with E-state index in [-0.39, 0.29) is 5.92 Å². The molecule has 1 saturated carbocycles. The summed E-state index contributed by atoms with van der Waals surface area (Å²) in [7, 11) is 0. The van der Waals surface area contributed by atoms with E-state index in [0.717, 1.165) is 24.1 Å². The van der Waals surface area contributed by atoms with Gasteiger partial charge < -0.3 is 10.4 Å². The standard InChI is InChI=1S/C14H15NO2/c1-3-10-5-4-6-12(9-10)15-14(2,13(16)17)11-7-8-11/h1,4-6,9,11,15H,7-8H2,2H3,(H,16,17). The van der Waals surface area contributed by atoms with Crippen LogP contribution in [0.15, 0.2) is 24.3 Å². The molecule has 0 radical (unpaired) electrons. The van der Waals surface area contributed by atoms with Crippen LogP contribution in [-0.2, 0) is 4.79 Å². The number of carbonyl (C=O) groups is 1. The molecule has 3 heteroatoms. The molecular weight excluding hydrogens is 214 g/mol. The van der Waals surface area contributed by atoms with E-state index in [1.54, 1.807) is 13.0 Å². The zero-order valence-electron chi connectivity index (χ0n) is 9.73. The lowest BCUT2D eigenvalue weighted by Crippen LogP contribution is -2.45. The molecule has 0 spiro atoms. The van der Waals surface area contributed by atoms with Crippen molar-refractivity contribution < 1.29 is 9.90 Å². The van der Waals surface area contributed by atoms with Crippen molar-refractivity contribution in [2.24, 2.45) is 5.92 Å². The van der Waals surface area contributed by atoms with E-state index in [0.29, 0.717) is 0 Å². The van der Waals surface area contributed by atoms with Crippen molar-refractivity contribution in [2.45, 2.75) is 25.3 Å². The number of terminal acetylenes is 1. The van der Waals surface area contributed by atoms with Crippen LogP contribution in [0.1, 0.15) is 25.3 Å². The minimum Gasteiger partial charge on any atom is -0.480 e. The van der Waals surface area contributed by atoms with Gasteiger partial charge in [0.2, 0.25) is 0 Å². The van der Waals surface area contributed by atoms with Crippen LogP contribution in [-0.4, -0.2) is 16.6 Å². The molecule has 1 aliphatic rings. The summed E-state index contributed by atoms with van der Waals surface area (Å²) in [6, 6.07) is 7.28. The Kier molecular flexibility index (Phi) is 2.81. The molecule has 17 heavy (non-hydrogen) atoms. The number of rotatable bonds is 4. The minimum atomic E-state index is -0.896. The van der Waals surface area contributed by atoms with Crippen molar-refractivity contribution in [1.82, 2.24) is 0 Å². The van der Waals surface area contributed by atoms with Crippen molar-refractivity contribution in [1.29, 1.82) is 0 Å². The van der Waals surface area contributed by atoms with Crippen LogP contribution in [0.4, 0.5) is 5.69 Å². The Bertz CT molecular complexity index is 485. The van der Waals surface area contributed by atoms with Crippen molar-refractivity contribution in [3.8, 4) is 12.3 Å². The molecule has 1 atom stereocenters. The Balaban J connectivity index is 2.23. The van der Waals surface area contributed by atoms with Gasteiger partial charge in [0.25, 0.3) is 0 Å². The van der Waals surface area contributed by atoms with Crippen molar-refractivity contribution >= 4 is 11.7 Å². The van der Waals surface area contributed by atoms with Gasteiger partial charge in [-0.1, -0.05) is 12.0 Å². The highest BCUT2D eigenvalue weighted by Gasteiger charge is 2.47. The zero-order chi connectivity index (χ0) is 12.5. The number of aliphatic carboxylic acids is 1. The average Bonchev–Trinajstić information content (AvgIpc) is 3.13. The third-order valence-electron chi connectivity index (χ3n) is 3.27. The maximum absolute atomic E-state index is 11.4. The summed E-state index contributed by atoms with van der Waals surface area (Å²) in [5, 5.41) is 12.4. The summed E-state index contributed by atoms with van der Waals surface area (Å²) < 4.78 is 0. The molecule has 2 N–H and O–H groups in total. The van der Waals surface area contributed by atoms with Gasteiger partial charge >= 0.3 is 5.97 Å². The monoisotopic (exact) mass is 229 g/mol. The zero-order valence-corrected chi connectivity index (χ0v) is 9.73. The highest BCUT2D eigenvalue weighted by atomic mass is 16.4. The van der Waals surface area contributed by atoms with Crippen LogP contribution in [0.25, 0.3) is 0 Å². The van der Waals surface area contributed by atoms with Gasteiger partial charge in [0, 0.05) is 11.3 Å².